The van der Waals surface area contributed by atoms with Crippen LogP contribution in [0.25, 0.3) is 0 Å². The Morgan fingerprint density at radius 1 is 0.727 bits per heavy atom. The lowest BCUT2D eigenvalue weighted by Crippen LogP contribution is -2.47. The van der Waals surface area contributed by atoms with Gasteiger partial charge in [0.1, 0.15) is 6.17 Å². The number of hydrogen-bond acceptors (Lipinski definition) is 3. The van der Waals surface area contributed by atoms with Crippen molar-refractivity contribution < 1.29 is 9.18 Å². The fraction of sp³-hybridized carbons (Fsp3) is 0.964. The van der Waals surface area contributed by atoms with Gasteiger partial charge in [-0.3, -0.25) is 9.69 Å². The number of nitrogens with zero attached hydrogens (tertiary/aromatic N) is 3. The largest absolute Gasteiger partial charge is 0.338 e. The van der Waals surface area contributed by atoms with Gasteiger partial charge in [-0.2, -0.15) is 0 Å². The van der Waals surface area contributed by atoms with Crippen LogP contribution in [-0.2, 0) is 4.79 Å². The van der Waals surface area contributed by atoms with E-state index in [9.17, 15) is 9.18 Å². The summed E-state index contributed by atoms with van der Waals surface area (Å²) >= 11 is 0. The van der Waals surface area contributed by atoms with Gasteiger partial charge in [-0.05, 0) is 112 Å². The molecule has 0 aromatic rings. The minimum Gasteiger partial charge on any atom is -0.338 e. The number of amides is 1. The van der Waals surface area contributed by atoms with Gasteiger partial charge < -0.3 is 9.80 Å². The molecule has 0 aromatic heterocycles. The maximum absolute atomic E-state index is 12.7. The zero-order chi connectivity index (χ0) is 25.4. The standard InChI is InChI=1S/C10H21N.C9H18FN.C9H17NO/c1-10(2,3)9-5-7-11(4)8-6-9;1-9(2,3)11-6-4-8(10)5-7-11;1-9(2,3)10-7-5-4-6-8(10)11/h9H,5-8H2,1-4H3;8H,4-7H2,1-3H3;4-7H2,1-3H3. The van der Waals surface area contributed by atoms with E-state index < -0.39 is 6.17 Å². The molecule has 0 N–H and O–H groups in total. The molecule has 196 valence electrons. The van der Waals surface area contributed by atoms with E-state index in [4.69, 9.17) is 0 Å². The van der Waals surface area contributed by atoms with Crippen LogP contribution in [0.5, 0.6) is 0 Å². The molecule has 1 amide bonds. The van der Waals surface area contributed by atoms with Crippen molar-refractivity contribution in [2.24, 2.45) is 11.3 Å². The van der Waals surface area contributed by atoms with Gasteiger partial charge in [0.2, 0.25) is 5.91 Å². The molecule has 3 fully saturated rings. The van der Waals surface area contributed by atoms with Gasteiger partial charge in [0.25, 0.3) is 0 Å². The Labute approximate surface area is 205 Å². The number of alkyl halides is 1. The summed E-state index contributed by atoms with van der Waals surface area (Å²) in [6.45, 7) is 25.3. The van der Waals surface area contributed by atoms with E-state index in [2.05, 4.69) is 79.2 Å². The molecule has 0 bridgehead atoms. The molecule has 3 saturated heterocycles. The van der Waals surface area contributed by atoms with Gasteiger partial charge >= 0.3 is 0 Å². The van der Waals surface area contributed by atoms with Crippen LogP contribution in [0.1, 0.15) is 107 Å². The quantitative estimate of drug-likeness (QED) is 0.411. The number of piperidine rings is 3. The van der Waals surface area contributed by atoms with Crippen LogP contribution >= 0.6 is 0 Å². The van der Waals surface area contributed by atoms with Crippen molar-refractivity contribution in [2.75, 3.05) is 39.8 Å². The van der Waals surface area contributed by atoms with E-state index in [0.717, 1.165) is 51.2 Å². The van der Waals surface area contributed by atoms with Crippen LogP contribution in [0, 0.1) is 11.3 Å². The van der Waals surface area contributed by atoms with Crippen LogP contribution in [0.4, 0.5) is 4.39 Å². The summed E-state index contributed by atoms with van der Waals surface area (Å²) in [7, 11) is 2.22. The normalized spacial score (nSPS) is 22.9. The predicted molar refractivity (Wildman–Crippen MR) is 140 cm³/mol. The topological polar surface area (TPSA) is 26.8 Å². The molecule has 3 aliphatic heterocycles. The van der Waals surface area contributed by atoms with Gasteiger partial charge in [-0.25, -0.2) is 4.39 Å². The van der Waals surface area contributed by atoms with E-state index in [0.29, 0.717) is 11.3 Å². The van der Waals surface area contributed by atoms with Crippen LogP contribution in [0.2, 0.25) is 0 Å². The Hall–Kier alpha value is -0.680. The second kappa shape index (κ2) is 12.9. The first-order valence-electron chi connectivity index (χ1n) is 13.4. The number of rotatable bonds is 0. The van der Waals surface area contributed by atoms with E-state index in [1.54, 1.807) is 0 Å². The number of halogens is 1. The zero-order valence-corrected chi connectivity index (χ0v) is 23.8. The smallest absolute Gasteiger partial charge is 0.222 e. The van der Waals surface area contributed by atoms with Crippen LogP contribution < -0.4 is 0 Å². The third-order valence-electron chi connectivity index (χ3n) is 7.45. The summed E-state index contributed by atoms with van der Waals surface area (Å²) in [6, 6.07) is 0. The highest BCUT2D eigenvalue weighted by atomic mass is 19.1. The van der Waals surface area contributed by atoms with Crippen molar-refractivity contribution in [2.45, 2.75) is 125 Å². The van der Waals surface area contributed by atoms with Crippen molar-refractivity contribution in [1.29, 1.82) is 0 Å². The maximum Gasteiger partial charge on any atom is 0.222 e. The second-order valence-electron chi connectivity index (χ2n) is 13.4. The Kier molecular flexibility index (Phi) is 11.8. The van der Waals surface area contributed by atoms with Gasteiger partial charge in [0.15, 0.2) is 0 Å². The first-order valence-corrected chi connectivity index (χ1v) is 13.4. The molecule has 3 aliphatic rings. The molecule has 3 heterocycles. The van der Waals surface area contributed by atoms with Crippen LogP contribution in [-0.4, -0.2) is 77.6 Å². The van der Waals surface area contributed by atoms with E-state index in [-0.39, 0.29) is 11.1 Å². The number of hydrogen-bond donors (Lipinski definition) is 0. The summed E-state index contributed by atoms with van der Waals surface area (Å²) in [4.78, 5) is 18.1. The first kappa shape index (κ1) is 30.4. The average Bonchev–Trinajstić information content (AvgIpc) is 2.68. The summed E-state index contributed by atoms with van der Waals surface area (Å²) in [6.07, 6.45) is 6.66. The third-order valence-corrected chi connectivity index (χ3v) is 7.45. The Balaban J connectivity index is 0.000000247. The zero-order valence-electron chi connectivity index (χ0n) is 23.8. The molecule has 5 heteroatoms. The highest BCUT2D eigenvalue weighted by Gasteiger charge is 2.29. The molecule has 0 spiro atoms. The van der Waals surface area contributed by atoms with Gasteiger partial charge in [0.05, 0.1) is 0 Å². The highest BCUT2D eigenvalue weighted by molar-refractivity contribution is 5.77. The minimum atomic E-state index is -0.548. The lowest BCUT2D eigenvalue weighted by atomic mass is 9.75. The Morgan fingerprint density at radius 3 is 1.61 bits per heavy atom. The van der Waals surface area contributed by atoms with E-state index >= 15 is 0 Å². The SMILES string of the molecule is CC(C)(C)N1CCC(F)CC1.CC(C)(C)N1CCCCC1=O.CN1CCC(C(C)(C)C)CC1. The molecular formula is C28H56FN3O. The molecule has 33 heavy (non-hydrogen) atoms. The van der Waals surface area contributed by atoms with Crippen molar-refractivity contribution >= 4 is 5.91 Å². The highest BCUT2D eigenvalue weighted by Crippen LogP contribution is 2.33. The fourth-order valence-electron chi connectivity index (χ4n) is 4.91. The van der Waals surface area contributed by atoms with Gasteiger partial charge in [-0.1, -0.05) is 20.8 Å². The first-order chi connectivity index (χ1) is 15.0. The lowest BCUT2D eigenvalue weighted by molar-refractivity contribution is -0.138. The van der Waals surface area contributed by atoms with Gasteiger partial charge in [0, 0.05) is 37.1 Å². The van der Waals surface area contributed by atoms with Crippen molar-refractivity contribution in [1.82, 2.24) is 14.7 Å². The molecule has 0 saturated carbocycles. The third kappa shape index (κ3) is 11.5. The minimum absolute atomic E-state index is 0.0253. The summed E-state index contributed by atoms with van der Waals surface area (Å²) < 4.78 is 12.7. The predicted octanol–water partition coefficient (Wildman–Crippen LogP) is 6.39. The summed E-state index contributed by atoms with van der Waals surface area (Å²) in [5, 5.41) is 0. The Morgan fingerprint density at radius 2 is 1.24 bits per heavy atom. The average molecular weight is 470 g/mol. The molecule has 0 aromatic carbocycles. The van der Waals surface area contributed by atoms with E-state index in [1.165, 1.54) is 32.4 Å². The molecule has 3 rings (SSSR count). The Bertz CT molecular complexity index is 525. The molecule has 0 aliphatic carbocycles. The van der Waals surface area contributed by atoms with Crippen LogP contribution in [0.3, 0.4) is 0 Å². The van der Waals surface area contributed by atoms with Crippen LogP contribution in [0.15, 0.2) is 0 Å². The lowest BCUT2D eigenvalue weighted by Gasteiger charge is -2.39. The number of carbonyl (C=O) groups excluding carboxylic acids is 1. The summed E-state index contributed by atoms with van der Waals surface area (Å²) in [5.41, 5.74) is 0.777. The molecule has 4 nitrogen and oxygen atoms in total. The second-order valence-corrected chi connectivity index (χ2v) is 13.4. The summed E-state index contributed by atoms with van der Waals surface area (Å²) in [5.74, 6) is 1.27. The maximum atomic E-state index is 12.7. The van der Waals surface area contributed by atoms with Crippen molar-refractivity contribution in [3.63, 3.8) is 0 Å². The fourth-order valence-corrected chi connectivity index (χ4v) is 4.91. The van der Waals surface area contributed by atoms with Crippen molar-refractivity contribution in [3.05, 3.63) is 0 Å². The van der Waals surface area contributed by atoms with E-state index in [1.807, 2.05) is 4.90 Å². The molecule has 0 unspecified atom stereocenters. The van der Waals surface area contributed by atoms with Gasteiger partial charge in [-0.15, -0.1) is 0 Å². The molecular weight excluding hydrogens is 413 g/mol. The molecule has 0 radical (unpaired) electrons. The number of likely N-dealkylation sites (tertiary alicyclic amines) is 3. The molecule has 0 atom stereocenters. The monoisotopic (exact) mass is 469 g/mol. The number of carbonyl (C=O) groups is 1. The van der Waals surface area contributed by atoms with Crippen molar-refractivity contribution in [3.8, 4) is 0 Å².